The maximum atomic E-state index is 11.8. The van der Waals surface area contributed by atoms with Gasteiger partial charge in [-0.2, -0.15) is 5.10 Å². The van der Waals surface area contributed by atoms with Crippen LogP contribution in [0.2, 0.25) is 0 Å². The molecule has 0 aliphatic carbocycles. The smallest absolute Gasteiger partial charge is 0.263 e. The van der Waals surface area contributed by atoms with Gasteiger partial charge in [0.2, 0.25) is 0 Å². The van der Waals surface area contributed by atoms with Crippen LogP contribution >= 0.6 is 24.0 Å². The lowest BCUT2D eigenvalue weighted by Gasteiger charge is -2.01. The summed E-state index contributed by atoms with van der Waals surface area (Å²) in [6.07, 6.45) is 5.32. The molecule has 5 nitrogen and oxygen atoms in total. The largest absolute Gasteiger partial charge is 0.307 e. The molecule has 23 heavy (non-hydrogen) atoms. The molecule has 7 heteroatoms. The molecule has 3 heterocycles. The van der Waals surface area contributed by atoms with Gasteiger partial charge in [-0.25, -0.2) is 9.50 Å². The van der Waals surface area contributed by atoms with Crippen molar-refractivity contribution in [3.05, 3.63) is 59.3 Å². The van der Waals surface area contributed by atoms with Crippen molar-refractivity contribution < 1.29 is 4.79 Å². The Kier molecular flexibility index (Phi) is 3.44. The van der Waals surface area contributed by atoms with E-state index in [9.17, 15) is 4.79 Å². The van der Waals surface area contributed by atoms with E-state index in [0.717, 1.165) is 16.8 Å². The normalized spacial score (nSPS) is 16.3. The van der Waals surface area contributed by atoms with Gasteiger partial charge in [-0.15, -0.1) is 0 Å². The summed E-state index contributed by atoms with van der Waals surface area (Å²) in [6.45, 7) is 0. The second-order valence-electron chi connectivity index (χ2n) is 4.90. The highest BCUT2D eigenvalue weighted by Gasteiger charge is 2.22. The SMILES string of the molecule is O=C1NC(=S)SC1=Cc1cnn2ccc(-c3ccccc3)nc12. The van der Waals surface area contributed by atoms with Crippen molar-refractivity contribution in [2.45, 2.75) is 0 Å². The highest BCUT2D eigenvalue weighted by molar-refractivity contribution is 8.26. The Morgan fingerprint density at radius 3 is 2.78 bits per heavy atom. The standard InChI is InChI=1S/C16H10N4OS2/c21-15-13(23-16(22)19-15)8-11-9-17-20-7-6-12(18-14(11)20)10-4-2-1-3-5-10/h1-9H,(H,19,21,22). The number of carbonyl (C=O) groups is 1. The number of benzene rings is 1. The third kappa shape index (κ3) is 2.64. The van der Waals surface area contributed by atoms with Gasteiger partial charge in [0.05, 0.1) is 16.8 Å². The molecule has 0 bridgehead atoms. The molecular formula is C16H10N4OS2. The number of carbonyl (C=O) groups excluding carboxylic acids is 1. The van der Waals surface area contributed by atoms with E-state index in [0.29, 0.717) is 14.9 Å². The Morgan fingerprint density at radius 2 is 2.04 bits per heavy atom. The van der Waals surface area contributed by atoms with Crippen LogP contribution in [0.4, 0.5) is 0 Å². The van der Waals surface area contributed by atoms with Crippen molar-refractivity contribution in [1.29, 1.82) is 0 Å². The van der Waals surface area contributed by atoms with Gasteiger partial charge in [0.1, 0.15) is 4.32 Å². The first-order valence-corrected chi connectivity index (χ1v) is 8.08. The monoisotopic (exact) mass is 338 g/mol. The molecule has 1 aliphatic rings. The lowest BCUT2D eigenvalue weighted by molar-refractivity contribution is -0.115. The first-order valence-electron chi connectivity index (χ1n) is 6.85. The molecule has 2 aromatic heterocycles. The minimum atomic E-state index is -0.182. The van der Waals surface area contributed by atoms with Gasteiger partial charge in [0.15, 0.2) is 5.65 Å². The Bertz CT molecular complexity index is 963. The molecule has 0 spiro atoms. The third-order valence-corrected chi connectivity index (χ3v) is 4.56. The van der Waals surface area contributed by atoms with Crippen molar-refractivity contribution in [3.8, 4) is 11.3 Å². The average Bonchev–Trinajstić information content (AvgIpc) is 3.11. The minimum absolute atomic E-state index is 0.182. The molecule has 0 unspecified atom stereocenters. The minimum Gasteiger partial charge on any atom is -0.307 e. The number of hydrogen-bond donors (Lipinski definition) is 1. The van der Waals surface area contributed by atoms with E-state index in [1.807, 2.05) is 42.6 Å². The molecule has 1 fully saturated rings. The van der Waals surface area contributed by atoms with E-state index < -0.39 is 0 Å². The Hall–Kier alpha value is -2.51. The summed E-state index contributed by atoms with van der Waals surface area (Å²) in [5, 5.41) is 6.88. The van der Waals surface area contributed by atoms with Gasteiger partial charge in [-0.1, -0.05) is 54.3 Å². The zero-order chi connectivity index (χ0) is 15.8. The molecule has 1 aliphatic heterocycles. The first kappa shape index (κ1) is 14.1. The molecule has 1 saturated heterocycles. The van der Waals surface area contributed by atoms with Crippen molar-refractivity contribution in [2.75, 3.05) is 0 Å². The molecule has 0 saturated carbocycles. The van der Waals surface area contributed by atoms with Crippen LogP contribution in [0.1, 0.15) is 5.56 Å². The Labute approximate surface area is 141 Å². The molecule has 3 aromatic rings. The van der Waals surface area contributed by atoms with Crippen molar-refractivity contribution in [3.63, 3.8) is 0 Å². The van der Waals surface area contributed by atoms with E-state index in [-0.39, 0.29) is 5.91 Å². The van der Waals surface area contributed by atoms with Crippen molar-refractivity contribution in [2.24, 2.45) is 0 Å². The summed E-state index contributed by atoms with van der Waals surface area (Å²) in [5.74, 6) is -0.182. The van der Waals surface area contributed by atoms with Crippen LogP contribution in [-0.4, -0.2) is 24.8 Å². The first-order chi connectivity index (χ1) is 11.2. The highest BCUT2D eigenvalue weighted by Crippen LogP contribution is 2.27. The van der Waals surface area contributed by atoms with Crippen LogP contribution in [-0.2, 0) is 4.79 Å². The van der Waals surface area contributed by atoms with Crippen LogP contribution in [0.3, 0.4) is 0 Å². The maximum absolute atomic E-state index is 11.8. The number of nitrogens with one attached hydrogen (secondary N) is 1. The second kappa shape index (κ2) is 5.60. The number of rotatable bonds is 2. The number of thiocarbonyl (C=S) groups is 1. The van der Waals surface area contributed by atoms with Crippen molar-refractivity contribution >= 4 is 45.9 Å². The molecular weight excluding hydrogens is 328 g/mol. The van der Waals surface area contributed by atoms with Crippen molar-refractivity contribution in [1.82, 2.24) is 19.9 Å². The number of nitrogens with zero attached hydrogens (tertiary/aromatic N) is 3. The zero-order valence-corrected chi connectivity index (χ0v) is 13.4. The summed E-state index contributed by atoms with van der Waals surface area (Å²) in [4.78, 5) is 17.0. The van der Waals surface area contributed by atoms with Crippen LogP contribution in [0, 0.1) is 0 Å². The zero-order valence-electron chi connectivity index (χ0n) is 11.8. The summed E-state index contributed by atoms with van der Waals surface area (Å²) in [5.41, 5.74) is 3.37. The van der Waals surface area contributed by atoms with Gasteiger partial charge in [-0.05, 0) is 12.1 Å². The Morgan fingerprint density at radius 1 is 1.22 bits per heavy atom. The van der Waals surface area contributed by atoms with Gasteiger partial charge >= 0.3 is 0 Å². The predicted octanol–water partition coefficient (Wildman–Crippen LogP) is 2.89. The molecule has 0 radical (unpaired) electrons. The molecule has 4 rings (SSSR count). The number of aromatic nitrogens is 3. The highest BCUT2D eigenvalue weighted by atomic mass is 32.2. The molecule has 1 aromatic carbocycles. The van der Waals surface area contributed by atoms with Crippen LogP contribution in [0.5, 0.6) is 0 Å². The Balaban J connectivity index is 1.81. The summed E-state index contributed by atoms with van der Waals surface area (Å²) in [6, 6.07) is 11.8. The maximum Gasteiger partial charge on any atom is 0.263 e. The van der Waals surface area contributed by atoms with Gasteiger partial charge in [0, 0.05) is 17.3 Å². The lowest BCUT2D eigenvalue weighted by Crippen LogP contribution is -2.17. The van der Waals surface area contributed by atoms with Crippen LogP contribution in [0.15, 0.2) is 53.7 Å². The molecule has 112 valence electrons. The number of thioether (sulfide) groups is 1. The second-order valence-corrected chi connectivity index (χ2v) is 6.62. The van der Waals surface area contributed by atoms with Gasteiger partial charge in [0.25, 0.3) is 5.91 Å². The summed E-state index contributed by atoms with van der Waals surface area (Å²) < 4.78 is 2.16. The number of amides is 1. The number of hydrogen-bond acceptors (Lipinski definition) is 5. The average molecular weight is 338 g/mol. The number of fused-ring (bicyclic) bond motifs is 1. The topological polar surface area (TPSA) is 59.3 Å². The fourth-order valence-corrected chi connectivity index (χ4v) is 3.36. The van der Waals surface area contributed by atoms with Crippen LogP contribution in [0.25, 0.3) is 23.0 Å². The quantitative estimate of drug-likeness (QED) is 0.575. The van der Waals surface area contributed by atoms with E-state index in [2.05, 4.69) is 15.4 Å². The third-order valence-electron chi connectivity index (χ3n) is 3.39. The molecule has 1 amide bonds. The van der Waals surface area contributed by atoms with Gasteiger partial charge < -0.3 is 5.32 Å². The van der Waals surface area contributed by atoms with E-state index in [1.54, 1.807) is 16.8 Å². The summed E-state index contributed by atoms with van der Waals surface area (Å²) >= 11 is 6.25. The van der Waals surface area contributed by atoms with Gasteiger partial charge in [-0.3, -0.25) is 4.79 Å². The van der Waals surface area contributed by atoms with Crippen LogP contribution < -0.4 is 5.32 Å². The molecule has 1 N–H and O–H groups in total. The molecule has 0 atom stereocenters. The fraction of sp³-hybridized carbons (Fsp3) is 0. The summed E-state index contributed by atoms with van der Waals surface area (Å²) in [7, 11) is 0. The van der Waals surface area contributed by atoms with E-state index >= 15 is 0 Å². The van der Waals surface area contributed by atoms with E-state index in [4.69, 9.17) is 12.2 Å². The lowest BCUT2D eigenvalue weighted by atomic mass is 10.1. The fourth-order valence-electron chi connectivity index (χ4n) is 2.32. The van der Waals surface area contributed by atoms with E-state index in [1.165, 1.54) is 11.8 Å². The predicted molar refractivity (Wildman–Crippen MR) is 94.7 cm³/mol.